The van der Waals surface area contributed by atoms with Crippen LogP contribution in [0.25, 0.3) is 5.57 Å². The van der Waals surface area contributed by atoms with Crippen LogP contribution in [0, 0.1) is 24.6 Å². The summed E-state index contributed by atoms with van der Waals surface area (Å²) in [6, 6.07) is 5.06. The number of aryl methyl sites for hydroxylation is 1. The van der Waals surface area contributed by atoms with Crippen molar-refractivity contribution < 1.29 is 49.9 Å². The molecule has 13 heteroatoms. The van der Waals surface area contributed by atoms with Crippen molar-refractivity contribution in [3.05, 3.63) is 99.0 Å². The third-order valence-corrected chi connectivity index (χ3v) is 9.48. The van der Waals surface area contributed by atoms with E-state index in [0.717, 1.165) is 10.5 Å². The molecule has 0 spiro atoms. The van der Waals surface area contributed by atoms with Crippen LogP contribution in [0.2, 0.25) is 0 Å². The number of nitrogens with one attached hydrogen (secondary N) is 1. The lowest BCUT2D eigenvalue weighted by molar-refractivity contribution is -0.150. The summed E-state index contributed by atoms with van der Waals surface area (Å²) >= 11 is 0. The topological polar surface area (TPSA) is 75.7 Å². The summed E-state index contributed by atoms with van der Waals surface area (Å²) in [5, 5.41) is 2.86. The lowest BCUT2D eigenvalue weighted by Crippen LogP contribution is -2.42. The summed E-state index contributed by atoms with van der Waals surface area (Å²) in [5.41, 5.74) is -3.56. The van der Waals surface area contributed by atoms with Gasteiger partial charge in [-0.3, -0.25) is 14.4 Å². The van der Waals surface area contributed by atoms with Gasteiger partial charge >= 0.3 is 18.3 Å². The van der Waals surface area contributed by atoms with Crippen molar-refractivity contribution in [2.75, 3.05) is 14.2 Å². The number of carbonyl (C=O) groups excluding carboxylic acids is 3. The predicted molar refractivity (Wildman–Crippen MR) is 173 cm³/mol. The molecular weight excluding hydrogens is 669 g/mol. The predicted octanol–water partition coefficient (Wildman–Crippen LogP) is 8.30. The van der Waals surface area contributed by atoms with E-state index in [4.69, 9.17) is 4.74 Å². The van der Waals surface area contributed by atoms with Crippen LogP contribution < -0.4 is 5.32 Å². The fraction of sp³-hybridized carbons (Fsp3) is 0.432. The van der Waals surface area contributed by atoms with Gasteiger partial charge in [-0.1, -0.05) is 23.3 Å². The molecule has 4 rings (SSSR count). The van der Waals surface area contributed by atoms with E-state index in [1.165, 1.54) is 46.2 Å². The van der Waals surface area contributed by atoms with Crippen molar-refractivity contribution in [3.63, 3.8) is 0 Å². The number of halogens is 7. The van der Waals surface area contributed by atoms with E-state index in [-0.39, 0.29) is 11.8 Å². The zero-order chi connectivity index (χ0) is 37.7. The SMILES string of the molecule is COC(=O)C1C(=O)NC(C)(C)C1C1=CC(c2ccc(F)cc2C)=C(N(C)C(=O)C(C)(C)c2cc(C(F)(F)F)cc(C(F)(F)F)c2)C=C(C)CC1. The van der Waals surface area contributed by atoms with Gasteiger partial charge in [-0.25, -0.2) is 4.39 Å². The van der Waals surface area contributed by atoms with Gasteiger partial charge in [0.05, 0.1) is 29.3 Å². The highest BCUT2D eigenvalue weighted by Gasteiger charge is 2.53. The largest absolute Gasteiger partial charge is 0.468 e. The molecule has 6 nitrogen and oxygen atoms in total. The number of carbonyl (C=O) groups is 3. The van der Waals surface area contributed by atoms with Crippen LogP contribution in [-0.2, 0) is 36.9 Å². The number of amides is 2. The van der Waals surface area contributed by atoms with Crippen molar-refractivity contribution in [1.29, 1.82) is 0 Å². The first kappa shape index (κ1) is 38.4. The molecule has 1 saturated heterocycles. The second-order valence-electron chi connectivity index (χ2n) is 13.9. The van der Waals surface area contributed by atoms with Crippen LogP contribution in [0.4, 0.5) is 30.7 Å². The first-order valence-electron chi connectivity index (χ1n) is 15.8. The third kappa shape index (κ3) is 7.51. The molecule has 270 valence electrons. The van der Waals surface area contributed by atoms with Crippen molar-refractivity contribution >= 4 is 23.4 Å². The first-order chi connectivity index (χ1) is 22.9. The quantitative estimate of drug-likeness (QED) is 0.186. The van der Waals surface area contributed by atoms with Gasteiger partial charge in [-0.15, -0.1) is 0 Å². The van der Waals surface area contributed by atoms with Crippen LogP contribution in [0.1, 0.15) is 75.3 Å². The van der Waals surface area contributed by atoms with Crippen molar-refractivity contribution in [2.24, 2.45) is 11.8 Å². The summed E-state index contributed by atoms with van der Waals surface area (Å²) in [6.07, 6.45) is -6.04. The highest BCUT2D eigenvalue weighted by atomic mass is 19.4. The fourth-order valence-electron chi connectivity index (χ4n) is 6.78. The number of likely N-dealkylation sites (N-methyl/N-ethyl adjacent to an activating group) is 1. The van der Waals surface area contributed by atoms with Crippen LogP contribution in [0.5, 0.6) is 0 Å². The zero-order valence-electron chi connectivity index (χ0n) is 28.9. The Morgan fingerprint density at radius 3 is 1.98 bits per heavy atom. The summed E-state index contributed by atoms with van der Waals surface area (Å²) < 4.78 is 102. The summed E-state index contributed by atoms with van der Waals surface area (Å²) in [4.78, 5) is 41.6. The van der Waals surface area contributed by atoms with Gasteiger partial charge in [0.15, 0.2) is 0 Å². The number of hydrogen-bond donors (Lipinski definition) is 1. The van der Waals surface area contributed by atoms with Crippen molar-refractivity contribution in [3.8, 4) is 0 Å². The average molecular weight is 709 g/mol. The van der Waals surface area contributed by atoms with Gasteiger partial charge in [0, 0.05) is 24.1 Å². The standard InChI is InChI=1S/C37H39F7N2O4/c1-19-9-10-21(30-29(32(48)50-8)31(47)45-35(30,5)6)15-27(26-12-11-25(38)14-20(26)2)28(13-19)46(7)33(49)34(3,4)22-16-23(36(39,40)41)18-24(17-22)37(42,43)44/h11-18,29-30H,9-10H2,1-8H3,(H,45,47). The summed E-state index contributed by atoms with van der Waals surface area (Å²) in [7, 11) is 2.53. The molecule has 2 aliphatic rings. The molecule has 2 atom stereocenters. The molecule has 50 heavy (non-hydrogen) atoms. The summed E-state index contributed by atoms with van der Waals surface area (Å²) in [6.45, 7) is 9.43. The Balaban J connectivity index is 2.00. The molecule has 1 heterocycles. The number of esters is 1. The second kappa shape index (κ2) is 13.4. The number of benzene rings is 2. The second-order valence-corrected chi connectivity index (χ2v) is 13.9. The van der Waals surface area contributed by atoms with Gasteiger partial charge in [0.25, 0.3) is 0 Å². The summed E-state index contributed by atoms with van der Waals surface area (Å²) in [5.74, 6) is -4.56. The van der Waals surface area contributed by atoms with E-state index in [2.05, 4.69) is 5.32 Å². The lowest BCUT2D eigenvalue weighted by Gasteiger charge is -2.34. The van der Waals surface area contributed by atoms with Gasteiger partial charge < -0.3 is 15.0 Å². The maximum absolute atomic E-state index is 14.4. The smallest absolute Gasteiger partial charge is 0.416 e. The molecule has 1 aliphatic carbocycles. The van der Waals surface area contributed by atoms with Crippen LogP contribution in [0.3, 0.4) is 0 Å². The molecule has 0 saturated carbocycles. The molecule has 0 bridgehead atoms. The van der Waals surface area contributed by atoms with Gasteiger partial charge in [0.1, 0.15) is 11.7 Å². The van der Waals surface area contributed by atoms with E-state index in [9.17, 15) is 45.1 Å². The molecule has 1 aliphatic heterocycles. The molecule has 0 aromatic heterocycles. The first-order valence-corrected chi connectivity index (χ1v) is 15.8. The minimum absolute atomic E-state index is 0.00460. The number of hydrogen-bond acceptors (Lipinski definition) is 4. The molecule has 2 aromatic rings. The highest BCUT2D eigenvalue weighted by Crippen LogP contribution is 2.44. The molecule has 2 aromatic carbocycles. The number of nitrogens with zero attached hydrogens (tertiary/aromatic N) is 1. The molecule has 2 unspecified atom stereocenters. The Morgan fingerprint density at radius 1 is 0.900 bits per heavy atom. The van der Waals surface area contributed by atoms with Crippen molar-refractivity contribution in [2.45, 2.75) is 77.7 Å². The Kier molecular flexibility index (Phi) is 10.3. The molecule has 1 fully saturated rings. The monoisotopic (exact) mass is 708 g/mol. The van der Waals surface area contributed by atoms with E-state index in [1.807, 2.05) is 0 Å². The zero-order valence-corrected chi connectivity index (χ0v) is 28.9. The maximum Gasteiger partial charge on any atom is 0.416 e. The molecule has 1 N–H and O–H groups in total. The number of methoxy groups -OCH3 is 1. The third-order valence-electron chi connectivity index (χ3n) is 9.48. The van der Waals surface area contributed by atoms with Crippen LogP contribution in [0.15, 0.2) is 65.4 Å². The number of ether oxygens (including phenoxy) is 1. The number of alkyl halides is 6. The average Bonchev–Trinajstić information content (AvgIpc) is 3.24. The maximum atomic E-state index is 14.4. The minimum atomic E-state index is -5.12. The van der Waals surface area contributed by atoms with Crippen molar-refractivity contribution in [1.82, 2.24) is 10.2 Å². The van der Waals surface area contributed by atoms with E-state index >= 15 is 0 Å². The Morgan fingerprint density at radius 2 is 1.46 bits per heavy atom. The van der Waals surface area contributed by atoms with E-state index in [1.54, 1.807) is 39.8 Å². The number of allylic oxidation sites excluding steroid dienone is 4. The molecule has 0 radical (unpaired) electrons. The van der Waals surface area contributed by atoms with E-state index in [0.29, 0.717) is 47.2 Å². The van der Waals surface area contributed by atoms with Gasteiger partial charge in [0.2, 0.25) is 11.8 Å². The normalized spacial score (nSPS) is 20.0. The highest BCUT2D eigenvalue weighted by molar-refractivity contribution is 6.01. The van der Waals surface area contributed by atoms with Crippen LogP contribution >= 0.6 is 0 Å². The molecular formula is C37H39F7N2O4. The number of rotatable bonds is 6. The van der Waals surface area contributed by atoms with Crippen LogP contribution in [-0.4, -0.2) is 42.4 Å². The van der Waals surface area contributed by atoms with Gasteiger partial charge in [-0.2, -0.15) is 26.3 Å². The van der Waals surface area contributed by atoms with E-state index < -0.39 is 75.4 Å². The van der Waals surface area contributed by atoms with Gasteiger partial charge in [-0.05, 0) is 107 Å². The Bertz CT molecular complexity index is 1780. The molecule has 2 amide bonds. The Hall–Kier alpha value is -4.42. The fourth-order valence-corrected chi connectivity index (χ4v) is 6.78. The minimum Gasteiger partial charge on any atom is -0.468 e. The lowest BCUT2D eigenvalue weighted by atomic mass is 9.73. The Labute approximate surface area is 286 Å².